The number of hydrogen-bond acceptors (Lipinski definition) is 13. The Bertz CT molecular complexity index is 1370. The van der Waals surface area contributed by atoms with Crippen molar-refractivity contribution in [3.05, 3.63) is 59.7 Å². The van der Waals surface area contributed by atoms with Crippen LogP contribution in [0.3, 0.4) is 0 Å². The summed E-state index contributed by atoms with van der Waals surface area (Å²) in [5.41, 5.74) is 0.137. The van der Waals surface area contributed by atoms with Crippen molar-refractivity contribution < 1.29 is 157 Å². The molecule has 41 heavy (non-hydrogen) atoms. The number of sulfonamides is 1. The smallest absolute Gasteiger partial charge is 0.744 e. The van der Waals surface area contributed by atoms with Crippen LogP contribution in [0.4, 0.5) is 0 Å². The molecule has 0 radical (unpaired) electrons. The molecular formula is C22H28K2N2O12S3. The zero-order chi connectivity index (χ0) is 28.8. The van der Waals surface area contributed by atoms with Crippen LogP contribution in [0, 0.1) is 0 Å². The molecule has 2 aromatic rings. The molecule has 19 heteroatoms. The Morgan fingerprint density at radius 3 is 1.61 bits per heavy atom. The van der Waals surface area contributed by atoms with E-state index in [0.29, 0.717) is 19.5 Å². The predicted molar refractivity (Wildman–Crippen MR) is 132 cm³/mol. The number of aliphatic hydroxyl groups excluding tert-OH is 2. The number of ether oxygens (including phenoxy) is 2. The average Bonchev–Trinajstić information content (AvgIpc) is 3.48. The van der Waals surface area contributed by atoms with Gasteiger partial charge in [0.25, 0.3) is 0 Å². The second-order valence-corrected chi connectivity index (χ2v) is 13.3. The third kappa shape index (κ3) is 13.6. The van der Waals surface area contributed by atoms with Gasteiger partial charge in [0.05, 0.1) is 23.0 Å². The third-order valence-electron chi connectivity index (χ3n) is 5.74. The van der Waals surface area contributed by atoms with Gasteiger partial charge in [-0.05, 0) is 37.2 Å². The molecule has 3 atom stereocenters. The standard InChI is InChI=1S/C22H30N2O12S3.2K/c25-21(17-4-1-6-19(14-17)38(29,30)31)35-12-10-23(8-3-9-24-16-37(24,27)28)11-13-36-22(26)18-5-2-7-20(15-18)39(32,33)34;;/h1-2,4-7,14-15,21-22,25-26H,3,8-13,16H2,(H,29,30,31)(H,32,33,34);;/q;2*+1/p-2. The van der Waals surface area contributed by atoms with E-state index in [1.807, 2.05) is 4.90 Å². The molecule has 1 saturated heterocycles. The molecule has 0 aromatic heterocycles. The Morgan fingerprint density at radius 1 is 0.829 bits per heavy atom. The number of nitrogens with zero attached hydrogens (tertiary/aromatic N) is 2. The molecule has 1 fully saturated rings. The van der Waals surface area contributed by atoms with Crippen molar-refractivity contribution in [1.29, 1.82) is 0 Å². The van der Waals surface area contributed by atoms with E-state index in [4.69, 9.17) is 9.47 Å². The summed E-state index contributed by atoms with van der Waals surface area (Å²) in [5, 5.41) is 20.5. The fraction of sp³-hybridized carbons (Fsp3) is 0.455. The van der Waals surface area contributed by atoms with E-state index >= 15 is 0 Å². The van der Waals surface area contributed by atoms with E-state index in [2.05, 4.69) is 0 Å². The molecule has 218 valence electrons. The summed E-state index contributed by atoms with van der Waals surface area (Å²) < 4.78 is 102. The van der Waals surface area contributed by atoms with Crippen molar-refractivity contribution >= 4 is 30.3 Å². The van der Waals surface area contributed by atoms with Gasteiger partial charge < -0.3 is 28.8 Å². The quantitative estimate of drug-likeness (QED) is 0.0729. The minimum atomic E-state index is -4.71. The second kappa shape index (κ2) is 17.8. The van der Waals surface area contributed by atoms with Gasteiger partial charge in [0, 0.05) is 30.8 Å². The van der Waals surface area contributed by atoms with Crippen molar-refractivity contribution in [3.63, 3.8) is 0 Å². The molecule has 2 aromatic carbocycles. The van der Waals surface area contributed by atoms with Gasteiger partial charge in [-0.2, -0.15) is 4.31 Å². The molecule has 0 bridgehead atoms. The molecule has 3 unspecified atom stereocenters. The van der Waals surface area contributed by atoms with Gasteiger partial charge >= 0.3 is 103 Å². The summed E-state index contributed by atoms with van der Waals surface area (Å²) >= 11 is 0. The fourth-order valence-corrected chi connectivity index (χ4v) is 5.76. The molecule has 1 aliphatic heterocycles. The van der Waals surface area contributed by atoms with Gasteiger partial charge in [-0.1, -0.05) is 24.3 Å². The van der Waals surface area contributed by atoms with E-state index < -0.39 is 52.6 Å². The molecule has 2 N–H and O–H groups in total. The maximum Gasteiger partial charge on any atom is 1.00 e. The Labute approximate surface area is 324 Å². The van der Waals surface area contributed by atoms with E-state index in [1.54, 1.807) is 0 Å². The number of hydrogen-bond donors (Lipinski definition) is 2. The molecule has 0 spiro atoms. The van der Waals surface area contributed by atoms with Crippen molar-refractivity contribution in [3.8, 4) is 0 Å². The zero-order valence-corrected chi connectivity index (χ0v) is 31.2. The van der Waals surface area contributed by atoms with Gasteiger partial charge in [0.15, 0.2) is 12.6 Å². The number of aliphatic hydroxyl groups is 2. The van der Waals surface area contributed by atoms with Gasteiger partial charge in [-0.25, -0.2) is 25.3 Å². The Hall–Kier alpha value is 1.24. The SMILES string of the molecule is O=S(=O)([O-])c1cccc(C(O)OCCN(CCCN2CS2(=O)=O)CCOC(O)c2cccc(S(=O)(=O)[O-])c2)c1.[K+].[K+]. The maximum atomic E-state index is 11.4. The van der Waals surface area contributed by atoms with Crippen LogP contribution in [0.1, 0.15) is 30.1 Å². The van der Waals surface area contributed by atoms with Crippen molar-refractivity contribution in [1.82, 2.24) is 9.21 Å². The van der Waals surface area contributed by atoms with Crippen LogP contribution < -0.4 is 103 Å². The largest absolute Gasteiger partial charge is 1.00 e. The molecule has 0 amide bonds. The first-order valence-corrected chi connectivity index (χ1v) is 16.0. The summed E-state index contributed by atoms with van der Waals surface area (Å²) in [6.45, 7) is 1.09. The molecule has 0 aliphatic carbocycles. The van der Waals surface area contributed by atoms with E-state index in [1.165, 1.54) is 28.6 Å². The summed E-state index contributed by atoms with van der Waals surface area (Å²) in [5.74, 6) is -0.00606. The Morgan fingerprint density at radius 2 is 1.24 bits per heavy atom. The maximum absolute atomic E-state index is 11.4. The van der Waals surface area contributed by atoms with Crippen molar-refractivity contribution in [2.24, 2.45) is 0 Å². The number of rotatable bonds is 16. The molecule has 14 nitrogen and oxygen atoms in total. The predicted octanol–water partition coefficient (Wildman–Crippen LogP) is -6.49. The average molecular weight is 687 g/mol. The third-order valence-corrected chi connectivity index (χ3v) is 8.84. The first-order valence-electron chi connectivity index (χ1n) is 11.6. The fourth-order valence-electron chi connectivity index (χ4n) is 3.59. The monoisotopic (exact) mass is 686 g/mol. The second-order valence-electron chi connectivity index (χ2n) is 8.61. The molecular weight excluding hydrogens is 659 g/mol. The van der Waals surface area contributed by atoms with Crippen LogP contribution in [0.2, 0.25) is 0 Å². The van der Waals surface area contributed by atoms with E-state index in [9.17, 15) is 44.6 Å². The normalized spacial score (nSPS) is 17.7. The van der Waals surface area contributed by atoms with Crippen LogP contribution in [0.25, 0.3) is 0 Å². The molecule has 1 heterocycles. The minimum absolute atomic E-state index is 0. The minimum Gasteiger partial charge on any atom is -0.744 e. The Kier molecular flexibility index (Phi) is 17.5. The van der Waals surface area contributed by atoms with Gasteiger partial charge in [0.1, 0.15) is 26.1 Å². The first kappa shape index (κ1) is 40.3. The van der Waals surface area contributed by atoms with Crippen LogP contribution in [-0.4, -0.2) is 99.0 Å². The van der Waals surface area contributed by atoms with E-state index in [-0.39, 0.29) is 146 Å². The summed E-state index contributed by atoms with van der Waals surface area (Å²) in [6, 6.07) is 9.60. The zero-order valence-electron chi connectivity index (χ0n) is 22.5. The van der Waals surface area contributed by atoms with Crippen molar-refractivity contribution in [2.45, 2.75) is 28.8 Å². The van der Waals surface area contributed by atoms with Crippen molar-refractivity contribution in [2.75, 3.05) is 45.3 Å². The number of benzene rings is 2. The van der Waals surface area contributed by atoms with E-state index in [0.717, 1.165) is 24.3 Å². The van der Waals surface area contributed by atoms with Gasteiger partial charge in [-0.15, -0.1) is 0 Å². The molecule has 0 saturated carbocycles. The Balaban J connectivity index is 0.00000420. The van der Waals surface area contributed by atoms with Gasteiger partial charge in [0.2, 0.25) is 10.0 Å². The van der Waals surface area contributed by atoms with Crippen LogP contribution in [0.5, 0.6) is 0 Å². The summed E-state index contributed by atoms with van der Waals surface area (Å²) in [4.78, 5) is 0.791. The molecule has 3 rings (SSSR count). The van der Waals surface area contributed by atoms with Gasteiger partial charge in [-0.3, -0.25) is 4.90 Å². The first-order chi connectivity index (χ1) is 18.2. The topological polar surface area (TPSA) is 214 Å². The summed E-state index contributed by atoms with van der Waals surface area (Å²) in [6.07, 6.45) is -2.56. The summed E-state index contributed by atoms with van der Waals surface area (Å²) in [7, 11) is -12.6. The molecule has 1 aliphatic rings. The van der Waals surface area contributed by atoms with Crippen LogP contribution in [0.15, 0.2) is 58.3 Å². The van der Waals surface area contributed by atoms with Crippen LogP contribution >= 0.6 is 0 Å². The van der Waals surface area contributed by atoms with Crippen LogP contribution in [-0.2, 0) is 39.7 Å².